The maximum Gasteiger partial charge on any atom is 0.326 e. The third-order valence-electron chi connectivity index (χ3n) is 3.54. The fourth-order valence-electron chi connectivity index (χ4n) is 2.35. The third-order valence-corrected chi connectivity index (χ3v) is 4.52. The predicted molar refractivity (Wildman–Crippen MR) is 78.0 cm³/mol. The summed E-state index contributed by atoms with van der Waals surface area (Å²) in [6.45, 7) is 5.95. The minimum absolute atomic E-state index is 0.0821. The van der Waals surface area contributed by atoms with Crippen molar-refractivity contribution in [2.75, 3.05) is 0 Å². The molecular formula is C14H20N2O3S. The number of rotatable bonds is 5. The molecule has 1 heterocycles. The van der Waals surface area contributed by atoms with Gasteiger partial charge in [0.25, 0.3) is 0 Å². The molecule has 20 heavy (non-hydrogen) atoms. The van der Waals surface area contributed by atoms with E-state index in [0.717, 1.165) is 18.4 Å². The largest absolute Gasteiger partial charge is 0.480 e. The molecular weight excluding hydrogens is 276 g/mol. The molecule has 0 aromatic carbocycles. The number of aryl methyl sites for hydroxylation is 2. The van der Waals surface area contributed by atoms with Gasteiger partial charge in [-0.3, -0.25) is 0 Å². The lowest BCUT2D eigenvalue weighted by Gasteiger charge is -2.18. The first kappa shape index (κ1) is 14.8. The van der Waals surface area contributed by atoms with Gasteiger partial charge in [0.05, 0.1) is 6.04 Å². The second-order valence-corrected chi connectivity index (χ2v) is 6.82. The number of carboxylic acids is 1. The topological polar surface area (TPSA) is 78.4 Å². The fourth-order valence-corrected chi connectivity index (χ4v) is 3.37. The number of hydrogen-bond acceptors (Lipinski definition) is 3. The highest BCUT2D eigenvalue weighted by Crippen LogP contribution is 2.32. The van der Waals surface area contributed by atoms with Crippen LogP contribution in [-0.4, -0.2) is 23.1 Å². The summed E-state index contributed by atoms with van der Waals surface area (Å²) in [7, 11) is 0. The van der Waals surface area contributed by atoms with E-state index in [4.69, 9.17) is 5.11 Å². The molecule has 110 valence electrons. The lowest BCUT2D eigenvalue weighted by atomic mass is 10.1. The molecule has 3 N–H and O–H groups in total. The molecule has 0 saturated heterocycles. The normalized spacial score (nSPS) is 17.4. The van der Waals surface area contributed by atoms with Gasteiger partial charge in [-0.25, -0.2) is 9.59 Å². The molecule has 2 rings (SSSR count). The monoisotopic (exact) mass is 296 g/mol. The molecule has 0 aliphatic heterocycles. The number of amides is 2. The summed E-state index contributed by atoms with van der Waals surface area (Å²) in [6, 6.07) is 0.738. The fraction of sp³-hybridized carbons (Fsp3) is 0.571. The lowest BCUT2D eigenvalue weighted by molar-refractivity contribution is -0.139. The van der Waals surface area contributed by atoms with Crippen molar-refractivity contribution in [3.05, 3.63) is 21.4 Å². The van der Waals surface area contributed by atoms with Crippen LogP contribution in [0.25, 0.3) is 0 Å². The zero-order valence-corrected chi connectivity index (χ0v) is 12.7. The summed E-state index contributed by atoms with van der Waals surface area (Å²) in [5.74, 6) is -0.878. The van der Waals surface area contributed by atoms with E-state index in [2.05, 4.69) is 16.7 Å². The van der Waals surface area contributed by atoms with Gasteiger partial charge in [0.1, 0.15) is 6.04 Å². The average Bonchev–Trinajstić information content (AvgIpc) is 3.11. The van der Waals surface area contributed by atoms with Crippen LogP contribution in [0, 0.1) is 19.8 Å². The van der Waals surface area contributed by atoms with Crippen LogP contribution in [0.5, 0.6) is 0 Å². The highest BCUT2D eigenvalue weighted by atomic mass is 32.1. The van der Waals surface area contributed by atoms with Crippen molar-refractivity contribution < 1.29 is 14.7 Å². The van der Waals surface area contributed by atoms with Crippen LogP contribution in [0.15, 0.2) is 6.07 Å². The van der Waals surface area contributed by atoms with Crippen LogP contribution in [0.2, 0.25) is 0 Å². The molecule has 1 saturated carbocycles. The van der Waals surface area contributed by atoms with Crippen molar-refractivity contribution in [1.82, 2.24) is 10.6 Å². The van der Waals surface area contributed by atoms with E-state index in [0.29, 0.717) is 0 Å². The molecule has 1 aliphatic rings. The van der Waals surface area contributed by atoms with E-state index in [1.165, 1.54) is 9.75 Å². The Morgan fingerprint density at radius 1 is 1.35 bits per heavy atom. The van der Waals surface area contributed by atoms with E-state index in [1.54, 1.807) is 11.3 Å². The average molecular weight is 296 g/mol. The first-order chi connectivity index (χ1) is 9.38. The molecule has 0 bridgehead atoms. The van der Waals surface area contributed by atoms with Crippen LogP contribution in [0.1, 0.15) is 41.1 Å². The number of thiophene rings is 1. The van der Waals surface area contributed by atoms with Gasteiger partial charge in [0.2, 0.25) is 0 Å². The summed E-state index contributed by atoms with van der Waals surface area (Å²) < 4.78 is 0. The zero-order chi connectivity index (χ0) is 14.9. The number of carbonyl (C=O) groups excluding carboxylic acids is 1. The summed E-state index contributed by atoms with van der Waals surface area (Å²) in [5.41, 5.74) is 1.08. The molecule has 1 aromatic heterocycles. The molecule has 1 aromatic rings. The maximum atomic E-state index is 11.9. The maximum absolute atomic E-state index is 11.9. The zero-order valence-electron chi connectivity index (χ0n) is 11.9. The predicted octanol–water partition coefficient (Wildman–Crippen LogP) is 2.59. The van der Waals surface area contributed by atoms with Gasteiger partial charge in [-0.15, -0.1) is 11.3 Å². The molecule has 2 unspecified atom stereocenters. The molecule has 0 spiro atoms. The van der Waals surface area contributed by atoms with Crippen LogP contribution in [0.4, 0.5) is 4.79 Å². The van der Waals surface area contributed by atoms with E-state index in [1.807, 2.05) is 20.8 Å². The molecule has 2 atom stereocenters. The van der Waals surface area contributed by atoms with Gasteiger partial charge in [0.15, 0.2) is 0 Å². The van der Waals surface area contributed by atoms with Crippen molar-refractivity contribution in [1.29, 1.82) is 0 Å². The van der Waals surface area contributed by atoms with Gasteiger partial charge in [0, 0.05) is 9.75 Å². The Morgan fingerprint density at radius 2 is 2.00 bits per heavy atom. The quantitative estimate of drug-likeness (QED) is 0.781. The third kappa shape index (κ3) is 3.50. The highest BCUT2D eigenvalue weighted by molar-refractivity contribution is 7.12. The lowest BCUT2D eigenvalue weighted by Crippen LogP contribution is -2.47. The van der Waals surface area contributed by atoms with Gasteiger partial charge in [-0.05, 0) is 51.2 Å². The van der Waals surface area contributed by atoms with Gasteiger partial charge < -0.3 is 15.7 Å². The Balaban J connectivity index is 1.93. The van der Waals surface area contributed by atoms with Crippen molar-refractivity contribution in [2.24, 2.45) is 5.92 Å². The van der Waals surface area contributed by atoms with Gasteiger partial charge in [-0.2, -0.15) is 0 Å². The van der Waals surface area contributed by atoms with Gasteiger partial charge in [-0.1, -0.05) is 0 Å². The minimum Gasteiger partial charge on any atom is -0.480 e. The smallest absolute Gasteiger partial charge is 0.326 e. The highest BCUT2D eigenvalue weighted by Gasteiger charge is 2.37. The Hall–Kier alpha value is -1.56. The van der Waals surface area contributed by atoms with Crippen LogP contribution in [0.3, 0.4) is 0 Å². The van der Waals surface area contributed by atoms with Crippen molar-refractivity contribution >= 4 is 23.3 Å². The SMILES string of the molecule is Cc1cc(C(C)NC(=O)NC(C(=O)O)C2CC2)c(C)s1. The standard InChI is InChI=1S/C14H20N2O3S/c1-7-6-11(9(3)20-7)8(2)15-14(19)16-12(13(17)18)10-4-5-10/h6,8,10,12H,4-5H2,1-3H3,(H,17,18)(H2,15,16,19). The second-order valence-electron chi connectivity index (χ2n) is 5.36. The summed E-state index contributed by atoms with van der Waals surface area (Å²) in [4.78, 5) is 25.4. The molecule has 5 nitrogen and oxygen atoms in total. The van der Waals surface area contributed by atoms with Gasteiger partial charge >= 0.3 is 12.0 Å². The summed E-state index contributed by atoms with van der Waals surface area (Å²) in [5, 5.41) is 14.5. The van der Waals surface area contributed by atoms with Crippen molar-refractivity contribution in [2.45, 2.75) is 45.7 Å². The number of nitrogens with one attached hydrogen (secondary N) is 2. The Bertz CT molecular complexity index is 522. The molecule has 1 fully saturated rings. The second kappa shape index (κ2) is 5.83. The van der Waals surface area contributed by atoms with E-state index >= 15 is 0 Å². The van der Waals surface area contributed by atoms with E-state index < -0.39 is 18.0 Å². The van der Waals surface area contributed by atoms with Crippen LogP contribution >= 0.6 is 11.3 Å². The number of urea groups is 1. The molecule has 2 amide bonds. The molecule has 6 heteroatoms. The number of aliphatic carboxylic acids is 1. The van der Waals surface area contributed by atoms with Crippen LogP contribution < -0.4 is 10.6 Å². The Labute approximate surface area is 122 Å². The summed E-state index contributed by atoms with van der Waals surface area (Å²) in [6.07, 6.45) is 1.74. The van der Waals surface area contributed by atoms with Crippen LogP contribution in [-0.2, 0) is 4.79 Å². The number of hydrogen-bond donors (Lipinski definition) is 3. The first-order valence-corrected chi connectivity index (χ1v) is 7.57. The van der Waals surface area contributed by atoms with Crippen molar-refractivity contribution in [3.63, 3.8) is 0 Å². The Morgan fingerprint density at radius 3 is 2.45 bits per heavy atom. The molecule has 0 radical (unpaired) electrons. The van der Waals surface area contributed by atoms with E-state index in [9.17, 15) is 9.59 Å². The summed E-state index contributed by atoms with van der Waals surface area (Å²) >= 11 is 1.69. The first-order valence-electron chi connectivity index (χ1n) is 6.75. The van der Waals surface area contributed by atoms with Crippen molar-refractivity contribution in [3.8, 4) is 0 Å². The van der Waals surface area contributed by atoms with E-state index in [-0.39, 0.29) is 12.0 Å². The number of carboxylic acid groups (broad SMARTS) is 1. The Kier molecular flexibility index (Phi) is 4.32. The minimum atomic E-state index is -0.960. The number of carbonyl (C=O) groups is 2. The molecule has 1 aliphatic carbocycles.